The summed E-state index contributed by atoms with van der Waals surface area (Å²) in [5, 5.41) is 4.50. The summed E-state index contributed by atoms with van der Waals surface area (Å²) in [5.74, 6) is -0.118. The van der Waals surface area contributed by atoms with E-state index in [0.717, 1.165) is 35.7 Å². The third-order valence-electron chi connectivity index (χ3n) is 3.81. The van der Waals surface area contributed by atoms with Gasteiger partial charge in [-0.15, -0.1) is 0 Å². The van der Waals surface area contributed by atoms with Crippen LogP contribution in [0.5, 0.6) is 0 Å². The molecule has 1 aromatic carbocycles. The van der Waals surface area contributed by atoms with E-state index in [-0.39, 0.29) is 23.2 Å². The van der Waals surface area contributed by atoms with E-state index >= 15 is 0 Å². The van der Waals surface area contributed by atoms with Gasteiger partial charge < -0.3 is 10.2 Å². The number of hydrogen-bond acceptors (Lipinski definition) is 4. The summed E-state index contributed by atoms with van der Waals surface area (Å²) in [6, 6.07) is 7.17. The van der Waals surface area contributed by atoms with E-state index in [2.05, 4.69) is 5.32 Å². The molecule has 1 aromatic heterocycles. The zero-order valence-electron chi connectivity index (χ0n) is 12.7. The molecule has 0 radical (unpaired) electrons. The molecule has 0 aliphatic carbocycles. The topological polar surface area (TPSA) is 71.4 Å². The van der Waals surface area contributed by atoms with E-state index in [0.29, 0.717) is 12.1 Å². The molecule has 2 heterocycles. The summed E-state index contributed by atoms with van der Waals surface area (Å²) >= 11 is 1.09. The standard InChI is InChI=1S/C16H17N3O3S/c1-11-10-23-16(22)19(11)9-14(20)17-12-4-6-13(7-5-12)18-8-2-3-15(18)21/h4-7,10H,2-3,8-9H2,1H3,(H,17,20). The minimum absolute atomic E-state index is 0.000525. The van der Waals surface area contributed by atoms with Gasteiger partial charge >= 0.3 is 4.87 Å². The molecule has 2 amide bonds. The van der Waals surface area contributed by atoms with Crippen molar-refractivity contribution >= 4 is 34.5 Å². The molecule has 0 bridgehead atoms. The molecule has 1 N–H and O–H groups in total. The predicted molar refractivity (Wildman–Crippen MR) is 90.0 cm³/mol. The van der Waals surface area contributed by atoms with Gasteiger partial charge in [0.05, 0.1) is 0 Å². The number of aryl methyl sites for hydroxylation is 1. The van der Waals surface area contributed by atoms with Gasteiger partial charge in [-0.3, -0.25) is 19.0 Å². The Hall–Kier alpha value is -2.41. The zero-order chi connectivity index (χ0) is 16.4. The van der Waals surface area contributed by atoms with E-state index in [1.54, 1.807) is 29.3 Å². The van der Waals surface area contributed by atoms with Crippen molar-refractivity contribution in [2.75, 3.05) is 16.8 Å². The Morgan fingerprint density at radius 3 is 2.57 bits per heavy atom. The van der Waals surface area contributed by atoms with Crippen molar-refractivity contribution < 1.29 is 9.59 Å². The van der Waals surface area contributed by atoms with Crippen molar-refractivity contribution in [3.8, 4) is 0 Å². The monoisotopic (exact) mass is 331 g/mol. The second-order valence-electron chi connectivity index (χ2n) is 5.47. The van der Waals surface area contributed by atoms with Crippen molar-refractivity contribution in [2.45, 2.75) is 26.3 Å². The SMILES string of the molecule is Cc1csc(=O)n1CC(=O)Nc1ccc(N2CCCC2=O)cc1. The molecular formula is C16H17N3O3S. The van der Waals surface area contributed by atoms with Gasteiger partial charge in [-0.2, -0.15) is 0 Å². The first-order valence-corrected chi connectivity index (χ1v) is 8.28. The average Bonchev–Trinajstić information content (AvgIpc) is 3.09. The molecule has 0 saturated carbocycles. The van der Waals surface area contributed by atoms with E-state index < -0.39 is 0 Å². The second kappa shape index (κ2) is 6.37. The van der Waals surface area contributed by atoms with Crippen LogP contribution in [0.3, 0.4) is 0 Å². The molecule has 1 aliphatic rings. The zero-order valence-corrected chi connectivity index (χ0v) is 13.6. The maximum Gasteiger partial charge on any atom is 0.307 e. The van der Waals surface area contributed by atoms with Crippen LogP contribution in [-0.4, -0.2) is 22.9 Å². The van der Waals surface area contributed by atoms with Crippen molar-refractivity contribution in [3.63, 3.8) is 0 Å². The van der Waals surface area contributed by atoms with Crippen LogP contribution in [0, 0.1) is 6.92 Å². The Balaban J connectivity index is 1.65. The second-order valence-corrected chi connectivity index (χ2v) is 6.29. The van der Waals surface area contributed by atoms with Crippen LogP contribution in [0.2, 0.25) is 0 Å². The Morgan fingerprint density at radius 2 is 2.00 bits per heavy atom. The molecule has 120 valence electrons. The van der Waals surface area contributed by atoms with Crippen LogP contribution in [0.25, 0.3) is 0 Å². The fourth-order valence-corrected chi connectivity index (χ4v) is 3.32. The van der Waals surface area contributed by atoms with Crippen molar-refractivity contribution in [1.82, 2.24) is 4.57 Å². The van der Waals surface area contributed by atoms with Gasteiger partial charge in [0.1, 0.15) is 6.54 Å². The van der Waals surface area contributed by atoms with E-state index in [1.807, 2.05) is 12.1 Å². The molecule has 2 aromatic rings. The molecule has 1 aliphatic heterocycles. The lowest BCUT2D eigenvalue weighted by Gasteiger charge is -2.16. The summed E-state index contributed by atoms with van der Waals surface area (Å²) in [6.45, 7) is 2.54. The highest BCUT2D eigenvalue weighted by atomic mass is 32.1. The summed E-state index contributed by atoms with van der Waals surface area (Å²) in [7, 11) is 0. The minimum Gasteiger partial charge on any atom is -0.325 e. The molecule has 3 rings (SSSR count). The summed E-state index contributed by atoms with van der Waals surface area (Å²) < 4.78 is 1.44. The van der Waals surface area contributed by atoms with Gasteiger partial charge in [-0.25, -0.2) is 0 Å². The van der Waals surface area contributed by atoms with Crippen LogP contribution >= 0.6 is 11.3 Å². The summed E-state index contributed by atoms with van der Waals surface area (Å²) in [4.78, 5) is 37.0. The summed E-state index contributed by atoms with van der Waals surface area (Å²) in [5.41, 5.74) is 2.26. The van der Waals surface area contributed by atoms with Crippen molar-refractivity contribution in [3.05, 3.63) is 45.0 Å². The van der Waals surface area contributed by atoms with E-state index in [1.165, 1.54) is 4.57 Å². The maximum absolute atomic E-state index is 12.0. The van der Waals surface area contributed by atoms with E-state index in [4.69, 9.17) is 0 Å². The molecule has 7 heteroatoms. The number of aromatic nitrogens is 1. The molecule has 1 saturated heterocycles. The normalized spacial score (nSPS) is 14.3. The number of benzene rings is 1. The molecule has 0 spiro atoms. The third-order valence-corrected chi connectivity index (χ3v) is 4.70. The Kier molecular flexibility index (Phi) is 4.29. The largest absolute Gasteiger partial charge is 0.325 e. The fraction of sp³-hybridized carbons (Fsp3) is 0.312. The number of rotatable bonds is 4. The highest BCUT2D eigenvalue weighted by molar-refractivity contribution is 7.07. The third kappa shape index (κ3) is 3.34. The molecular weight excluding hydrogens is 314 g/mol. The molecule has 23 heavy (non-hydrogen) atoms. The average molecular weight is 331 g/mol. The predicted octanol–water partition coefficient (Wildman–Crippen LogP) is 1.98. The highest BCUT2D eigenvalue weighted by Crippen LogP contribution is 2.23. The number of carbonyl (C=O) groups is 2. The van der Waals surface area contributed by atoms with Crippen LogP contribution < -0.4 is 15.1 Å². The Bertz CT molecular complexity index is 792. The Morgan fingerprint density at radius 1 is 1.26 bits per heavy atom. The van der Waals surface area contributed by atoms with Crippen molar-refractivity contribution in [2.24, 2.45) is 0 Å². The quantitative estimate of drug-likeness (QED) is 0.931. The van der Waals surface area contributed by atoms with Crippen LogP contribution in [0.1, 0.15) is 18.5 Å². The Labute approximate surface area is 137 Å². The highest BCUT2D eigenvalue weighted by Gasteiger charge is 2.21. The number of carbonyl (C=O) groups excluding carboxylic acids is 2. The van der Waals surface area contributed by atoms with Gasteiger partial charge in [0.15, 0.2) is 0 Å². The number of nitrogens with one attached hydrogen (secondary N) is 1. The van der Waals surface area contributed by atoms with Crippen molar-refractivity contribution in [1.29, 1.82) is 0 Å². The lowest BCUT2D eigenvalue weighted by atomic mass is 10.2. The fourth-order valence-electron chi connectivity index (χ4n) is 2.59. The number of nitrogens with zero attached hydrogens (tertiary/aromatic N) is 2. The molecule has 0 unspecified atom stereocenters. The van der Waals surface area contributed by atoms with Gasteiger partial charge in [0, 0.05) is 35.4 Å². The molecule has 1 fully saturated rings. The number of amides is 2. The number of hydrogen-bond donors (Lipinski definition) is 1. The maximum atomic E-state index is 12.0. The van der Waals surface area contributed by atoms with Gasteiger partial charge in [0.2, 0.25) is 11.8 Å². The first-order chi connectivity index (χ1) is 11.0. The van der Waals surface area contributed by atoms with Crippen LogP contribution in [0.4, 0.5) is 11.4 Å². The first kappa shape index (κ1) is 15.5. The lowest BCUT2D eigenvalue weighted by Crippen LogP contribution is -2.25. The lowest BCUT2D eigenvalue weighted by molar-refractivity contribution is -0.117. The first-order valence-electron chi connectivity index (χ1n) is 7.40. The van der Waals surface area contributed by atoms with E-state index in [9.17, 15) is 14.4 Å². The molecule has 6 nitrogen and oxygen atoms in total. The van der Waals surface area contributed by atoms with Gasteiger partial charge in [-0.05, 0) is 37.6 Å². The molecule has 0 atom stereocenters. The minimum atomic E-state index is -0.251. The summed E-state index contributed by atoms with van der Waals surface area (Å²) in [6.07, 6.45) is 1.47. The van der Waals surface area contributed by atoms with Gasteiger partial charge in [0.25, 0.3) is 0 Å². The van der Waals surface area contributed by atoms with Crippen LogP contribution in [-0.2, 0) is 16.1 Å². The number of anilines is 2. The van der Waals surface area contributed by atoms with Crippen LogP contribution in [0.15, 0.2) is 34.4 Å². The van der Waals surface area contributed by atoms with Gasteiger partial charge in [-0.1, -0.05) is 11.3 Å². The smallest absolute Gasteiger partial charge is 0.307 e. The number of thiazole rings is 1.